The topological polar surface area (TPSA) is 92.9 Å². The Morgan fingerprint density at radius 3 is 2.60 bits per heavy atom. The second kappa shape index (κ2) is 5.98. The number of nitrogen functional groups attached to an aromatic ring is 1. The predicted molar refractivity (Wildman–Crippen MR) is 79.5 cm³/mol. The zero-order valence-electron chi connectivity index (χ0n) is 11.6. The molecule has 2 rings (SSSR count). The number of carbonyl (C=O) groups excluding carboxylic acids is 1. The molecular weight excluding hydrogens is 274 g/mol. The third kappa shape index (κ3) is 3.12. The number of hydrazine groups is 1. The van der Waals surface area contributed by atoms with Crippen LogP contribution in [0.4, 0.5) is 5.82 Å². The summed E-state index contributed by atoms with van der Waals surface area (Å²) in [6, 6.07) is 2.03. The van der Waals surface area contributed by atoms with Crippen molar-refractivity contribution < 1.29 is 4.79 Å². The van der Waals surface area contributed by atoms with Crippen molar-refractivity contribution in [3.63, 3.8) is 0 Å². The van der Waals surface area contributed by atoms with E-state index in [9.17, 15) is 4.79 Å². The van der Waals surface area contributed by atoms with E-state index in [1.807, 2.05) is 6.92 Å². The summed E-state index contributed by atoms with van der Waals surface area (Å²) < 4.78 is 0. The minimum absolute atomic E-state index is 0.0680. The van der Waals surface area contributed by atoms with Crippen molar-refractivity contribution in [2.24, 2.45) is 5.84 Å². The quantitative estimate of drug-likeness (QED) is 0.591. The molecule has 0 spiro atoms. The summed E-state index contributed by atoms with van der Waals surface area (Å²) in [5.74, 6) is 5.36. The van der Waals surface area contributed by atoms with E-state index in [-0.39, 0.29) is 17.6 Å². The summed E-state index contributed by atoms with van der Waals surface area (Å²) in [5, 5.41) is 2.92. The first kappa shape index (κ1) is 14.4. The lowest BCUT2D eigenvalue weighted by Gasteiger charge is -2.13. The van der Waals surface area contributed by atoms with Gasteiger partial charge in [0.15, 0.2) is 5.82 Å². The SMILES string of the molecule is Cc1cc(C(C)NC(=O)c2cnc(NN)cn2)c(C)s1. The van der Waals surface area contributed by atoms with Gasteiger partial charge in [0.1, 0.15) is 5.69 Å². The van der Waals surface area contributed by atoms with E-state index >= 15 is 0 Å². The van der Waals surface area contributed by atoms with Crippen LogP contribution in [0.25, 0.3) is 0 Å². The summed E-state index contributed by atoms with van der Waals surface area (Å²) in [5.41, 5.74) is 3.76. The summed E-state index contributed by atoms with van der Waals surface area (Å²) in [6.45, 7) is 6.06. The fraction of sp³-hybridized carbons (Fsp3) is 0.308. The van der Waals surface area contributed by atoms with E-state index in [4.69, 9.17) is 5.84 Å². The summed E-state index contributed by atoms with van der Waals surface area (Å²) in [6.07, 6.45) is 2.81. The molecule has 0 aromatic carbocycles. The molecule has 0 radical (unpaired) electrons. The minimum Gasteiger partial charge on any atom is -0.344 e. The highest BCUT2D eigenvalue weighted by atomic mass is 32.1. The third-order valence-corrected chi connectivity index (χ3v) is 3.91. The van der Waals surface area contributed by atoms with Gasteiger partial charge in [0, 0.05) is 9.75 Å². The monoisotopic (exact) mass is 291 g/mol. The average molecular weight is 291 g/mol. The predicted octanol–water partition coefficient (Wildman–Crippen LogP) is 1.93. The molecule has 2 aromatic heterocycles. The van der Waals surface area contributed by atoms with Crippen molar-refractivity contribution in [2.75, 3.05) is 5.43 Å². The van der Waals surface area contributed by atoms with Gasteiger partial charge in [0.05, 0.1) is 18.4 Å². The highest BCUT2D eigenvalue weighted by molar-refractivity contribution is 7.12. The molecule has 1 unspecified atom stereocenters. The molecule has 0 saturated heterocycles. The van der Waals surface area contributed by atoms with Gasteiger partial charge >= 0.3 is 0 Å². The molecule has 1 amide bonds. The van der Waals surface area contributed by atoms with Crippen LogP contribution in [0.3, 0.4) is 0 Å². The van der Waals surface area contributed by atoms with Crippen LogP contribution in [0.1, 0.15) is 38.8 Å². The maximum atomic E-state index is 12.1. The Labute approximate surface area is 121 Å². The Morgan fingerprint density at radius 1 is 1.35 bits per heavy atom. The van der Waals surface area contributed by atoms with Crippen molar-refractivity contribution in [1.82, 2.24) is 15.3 Å². The van der Waals surface area contributed by atoms with Crippen LogP contribution in [0.5, 0.6) is 0 Å². The maximum absolute atomic E-state index is 12.1. The number of hydrogen-bond donors (Lipinski definition) is 3. The molecule has 4 N–H and O–H groups in total. The van der Waals surface area contributed by atoms with Crippen molar-refractivity contribution in [2.45, 2.75) is 26.8 Å². The molecule has 1 atom stereocenters. The number of aromatic nitrogens is 2. The van der Waals surface area contributed by atoms with Gasteiger partial charge in [-0.1, -0.05) is 0 Å². The van der Waals surface area contributed by atoms with Crippen molar-refractivity contribution in [1.29, 1.82) is 0 Å². The zero-order chi connectivity index (χ0) is 14.7. The van der Waals surface area contributed by atoms with Crippen LogP contribution >= 0.6 is 11.3 Å². The third-order valence-electron chi connectivity index (χ3n) is 2.93. The maximum Gasteiger partial charge on any atom is 0.271 e. The normalized spacial score (nSPS) is 12.0. The molecule has 0 aliphatic heterocycles. The second-order valence-electron chi connectivity index (χ2n) is 4.49. The fourth-order valence-electron chi connectivity index (χ4n) is 1.95. The van der Waals surface area contributed by atoms with E-state index in [0.717, 1.165) is 5.56 Å². The standard InChI is InChI=1S/C13H17N5OS/c1-7-4-10(9(3)20-7)8(2)17-13(19)11-5-16-12(18-14)6-15-11/h4-6,8H,14H2,1-3H3,(H,16,18)(H,17,19). The molecule has 20 heavy (non-hydrogen) atoms. The summed E-state index contributed by atoms with van der Waals surface area (Å²) in [7, 11) is 0. The molecular formula is C13H17N5OS. The summed E-state index contributed by atoms with van der Waals surface area (Å²) in [4.78, 5) is 22.5. The van der Waals surface area contributed by atoms with Gasteiger partial charge in [-0.15, -0.1) is 11.3 Å². The van der Waals surface area contributed by atoms with Crippen LogP contribution < -0.4 is 16.6 Å². The number of rotatable bonds is 4. The fourth-order valence-corrected chi connectivity index (χ4v) is 2.97. The molecule has 0 aliphatic rings. The molecule has 2 aromatic rings. The summed E-state index contributed by atoms with van der Waals surface area (Å²) >= 11 is 1.72. The number of aryl methyl sites for hydroxylation is 2. The van der Waals surface area contributed by atoms with Crippen molar-refractivity contribution in [3.8, 4) is 0 Å². The number of nitrogens with one attached hydrogen (secondary N) is 2. The lowest BCUT2D eigenvalue weighted by atomic mass is 10.1. The van der Waals surface area contributed by atoms with Crippen molar-refractivity contribution >= 4 is 23.1 Å². The van der Waals surface area contributed by atoms with Crippen LogP contribution in [-0.2, 0) is 0 Å². The second-order valence-corrected chi connectivity index (χ2v) is 5.96. The highest BCUT2D eigenvalue weighted by Gasteiger charge is 2.16. The largest absolute Gasteiger partial charge is 0.344 e. The van der Waals surface area contributed by atoms with Crippen LogP contribution in [0, 0.1) is 13.8 Å². The van der Waals surface area contributed by atoms with Crippen LogP contribution in [0.15, 0.2) is 18.5 Å². The first-order valence-electron chi connectivity index (χ1n) is 6.17. The van der Waals surface area contributed by atoms with Gasteiger partial charge in [-0.3, -0.25) is 4.79 Å². The molecule has 7 heteroatoms. The number of hydrogen-bond acceptors (Lipinski definition) is 6. The van der Waals surface area contributed by atoms with Gasteiger partial charge < -0.3 is 10.7 Å². The minimum atomic E-state index is -0.253. The molecule has 2 heterocycles. The first-order chi connectivity index (χ1) is 9.51. The molecule has 106 valence electrons. The lowest BCUT2D eigenvalue weighted by molar-refractivity contribution is 0.0934. The van der Waals surface area contributed by atoms with Gasteiger partial charge in [-0.25, -0.2) is 15.8 Å². The number of amides is 1. The van der Waals surface area contributed by atoms with E-state index < -0.39 is 0 Å². The van der Waals surface area contributed by atoms with E-state index in [0.29, 0.717) is 5.82 Å². The van der Waals surface area contributed by atoms with Gasteiger partial charge in [0.25, 0.3) is 5.91 Å². The van der Waals surface area contributed by atoms with Crippen molar-refractivity contribution in [3.05, 3.63) is 39.5 Å². The first-order valence-corrected chi connectivity index (χ1v) is 6.99. The van der Waals surface area contributed by atoms with E-state index in [2.05, 4.69) is 40.6 Å². The number of carbonyl (C=O) groups is 1. The van der Waals surface area contributed by atoms with Crippen LogP contribution in [0.2, 0.25) is 0 Å². The number of nitrogens with zero attached hydrogens (tertiary/aromatic N) is 2. The molecule has 0 fully saturated rings. The Kier molecular flexibility index (Phi) is 4.31. The number of nitrogens with two attached hydrogens (primary N) is 1. The Morgan fingerprint density at radius 2 is 2.10 bits per heavy atom. The highest BCUT2D eigenvalue weighted by Crippen LogP contribution is 2.26. The molecule has 6 nitrogen and oxygen atoms in total. The van der Waals surface area contributed by atoms with E-state index in [1.165, 1.54) is 22.1 Å². The van der Waals surface area contributed by atoms with Gasteiger partial charge in [-0.2, -0.15) is 0 Å². The Bertz CT molecular complexity index is 608. The number of thiophene rings is 1. The Hall–Kier alpha value is -1.99. The molecule has 0 bridgehead atoms. The van der Waals surface area contributed by atoms with Gasteiger partial charge in [-0.05, 0) is 32.4 Å². The van der Waals surface area contributed by atoms with Gasteiger partial charge in [0.2, 0.25) is 0 Å². The molecule has 0 saturated carbocycles. The molecule has 0 aliphatic carbocycles. The average Bonchev–Trinajstić information content (AvgIpc) is 2.78. The van der Waals surface area contributed by atoms with E-state index in [1.54, 1.807) is 11.3 Å². The van der Waals surface area contributed by atoms with Crippen LogP contribution in [-0.4, -0.2) is 15.9 Å². The Balaban J connectivity index is 2.08. The number of anilines is 1. The smallest absolute Gasteiger partial charge is 0.271 e. The zero-order valence-corrected chi connectivity index (χ0v) is 12.4. The lowest BCUT2D eigenvalue weighted by Crippen LogP contribution is -2.27.